The topological polar surface area (TPSA) is 58.6 Å². The minimum atomic E-state index is -0.280. The Bertz CT molecular complexity index is 555. The number of ether oxygens (including phenoxy) is 1. The number of hydrogen-bond donors (Lipinski definition) is 1. The molecule has 1 aromatic rings. The highest BCUT2D eigenvalue weighted by Crippen LogP contribution is 2.23. The number of rotatable bonds is 4. The van der Waals surface area contributed by atoms with Crippen molar-refractivity contribution >= 4 is 33.4 Å². The predicted molar refractivity (Wildman–Crippen MR) is 86.4 cm³/mol. The van der Waals surface area contributed by atoms with Gasteiger partial charge >= 0.3 is 0 Å². The molecular formula is C16H19BrN2O3. The van der Waals surface area contributed by atoms with Crippen LogP contribution >= 0.6 is 15.9 Å². The first kappa shape index (κ1) is 15.5. The summed E-state index contributed by atoms with van der Waals surface area (Å²) in [5.41, 5.74) is 0.748. The molecule has 1 aromatic carbocycles. The van der Waals surface area contributed by atoms with Gasteiger partial charge < -0.3 is 15.0 Å². The molecule has 22 heavy (non-hydrogen) atoms. The summed E-state index contributed by atoms with van der Waals surface area (Å²) >= 11 is 3.36. The fourth-order valence-electron chi connectivity index (χ4n) is 2.94. The summed E-state index contributed by atoms with van der Waals surface area (Å²) < 4.78 is 6.53. The van der Waals surface area contributed by atoms with Crippen molar-refractivity contribution in [2.45, 2.75) is 25.4 Å². The molecule has 2 aliphatic heterocycles. The van der Waals surface area contributed by atoms with E-state index in [1.807, 2.05) is 24.3 Å². The van der Waals surface area contributed by atoms with Gasteiger partial charge in [-0.15, -0.1) is 0 Å². The number of hydrogen-bond acceptors (Lipinski definition) is 3. The average molecular weight is 367 g/mol. The van der Waals surface area contributed by atoms with Crippen molar-refractivity contribution in [1.82, 2.24) is 4.90 Å². The van der Waals surface area contributed by atoms with Crippen LogP contribution in [0.1, 0.15) is 19.3 Å². The second kappa shape index (κ2) is 6.79. The minimum Gasteiger partial charge on any atom is -0.376 e. The van der Waals surface area contributed by atoms with Crippen molar-refractivity contribution in [3.05, 3.63) is 28.7 Å². The summed E-state index contributed by atoms with van der Waals surface area (Å²) in [4.78, 5) is 26.1. The normalized spacial score (nSPS) is 24.8. The highest BCUT2D eigenvalue weighted by Gasteiger charge is 2.35. The van der Waals surface area contributed by atoms with E-state index in [-0.39, 0.29) is 30.3 Å². The zero-order valence-electron chi connectivity index (χ0n) is 12.3. The van der Waals surface area contributed by atoms with Crippen molar-refractivity contribution in [3.8, 4) is 0 Å². The van der Waals surface area contributed by atoms with Gasteiger partial charge in [0.1, 0.15) is 0 Å². The van der Waals surface area contributed by atoms with Gasteiger partial charge in [-0.05, 0) is 37.1 Å². The fraction of sp³-hybridized carbons (Fsp3) is 0.500. The minimum absolute atomic E-state index is 0.0476. The van der Waals surface area contributed by atoms with Crippen LogP contribution in [0.25, 0.3) is 0 Å². The summed E-state index contributed by atoms with van der Waals surface area (Å²) in [6, 6.07) is 7.42. The number of halogens is 1. The number of carbonyl (C=O) groups excluding carboxylic acids is 2. The third kappa shape index (κ3) is 3.67. The smallest absolute Gasteiger partial charge is 0.229 e. The van der Waals surface area contributed by atoms with Crippen LogP contribution in [-0.2, 0) is 14.3 Å². The molecule has 2 amide bonds. The molecule has 0 aliphatic carbocycles. The molecule has 0 spiro atoms. The van der Waals surface area contributed by atoms with Crippen LogP contribution in [0.5, 0.6) is 0 Å². The number of amides is 2. The van der Waals surface area contributed by atoms with E-state index in [9.17, 15) is 9.59 Å². The lowest BCUT2D eigenvalue weighted by Gasteiger charge is -2.20. The number of benzene rings is 1. The molecule has 6 heteroatoms. The van der Waals surface area contributed by atoms with Gasteiger partial charge in [0.25, 0.3) is 0 Å². The number of nitrogens with one attached hydrogen (secondary N) is 1. The zero-order chi connectivity index (χ0) is 15.5. The van der Waals surface area contributed by atoms with Crippen LogP contribution in [0.15, 0.2) is 28.7 Å². The molecule has 0 radical (unpaired) electrons. The second-order valence-corrected chi connectivity index (χ2v) is 6.75. The average Bonchev–Trinajstić information content (AvgIpc) is 3.13. The Balaban J connectivity index is 1.55. The van der Waals surface area contributed by atoms with Gasteiger partial charge in [-0.25, -0.2) is 0 Å². The highest BCUT2D eigenvalue weighted by atomic mass is 79.9. The van der Waals surface area contributed by atoms with Crippen LogP contribution in [0.4, 0.5) is 5.69 Å². The Kier molecular flexibility index (Phi) is 4.78. The molecule has 3 rings (SSSR count). The maximum atomic E-state index is 12.3. The number of likely N-dealkylation sites (tertiary alicyclic amines) is 1. The van der Waals surface area contributed by atoms with Crippen molar-refractivity contribution < 1.29 is 14.3 Å². The van der Waals surface area contributed by atoms with Gasteiger partial charge in [0, 0.05) is 36.3 Å². The first-order valence-electron chi connectivity index (χ1n) is 7.57. The lowest BCUT2D eigenvalue weighted by Crippen LogP contribution is -2.34. The maximum Gasteiger partial charge on any atom is 0.229 e. The van der Waals surface area contributed by atoms with Crippen molar-refractivity contribution in [2.75, 3.05) is 25.0 Å². The van der Waals surface area contributed by atoms with E-state index in [4.69, 9.17) is 4.74 Å². The van der Waals surface area contributed by atoms with Gasteiger partial charge in [-0.3, -0.25) is 9.59 Å². The van der Waals surface area contributed by atoms with Gasteiger partial charge in [0.15, 0.2) is 0 Å². The monoisotopic (exact) mass is 366 g/mol. The summed E-state index contributed by atoms with van der Waals surface area (Å²) in [6.45, 7) is 1.88. The largest absolute Gasteiger partial charge is 0.376 e. The number of anilines is 1. The Morgan fingerprint density at radius 3 is 2.82 bits per heavy atom. The van der Waals surface area contributed by atoms with E-state index >= 15 is 0 Å². The Morgan fingerprint density at radius 1 is 1.36 bits per heavy atom. The maximum absolute atomic E-state index is 12.3. The van der Waals surface area contributed by atoms with E-state index < -0.39 is 0 Å². The molecule has 0 saturated carbocycles. The lowest BCUT2D eigenvalue weighted by molar-refractivity contribution is -0.129. The zero-order valence-corrected chi connectivity index (χ0v) is 13.8. The molecule has 2 fully saturated rings. The number of carbonyl (C=O) groups is 2. The number of nitrogens with zero attached hydrogens (tertiary/aromatic N) is 1. The standard InChI is InChI=1S/C16H19BrN2O3/c17-12-3-5-13(6-4-12)18-16(21)11-8-15(20)19(9-11)10-14-2-1-7-22-14/h3-6,11,14H,1-2,7-10H2,(H,18,21). The molecule has 2 saturated heterocycles. The Hall–Kier alpha value is -1.40. The van der Waals surface area contributed by atoms with Crippen LogP contribution in [-0.4, -0.2) is 42.5 Å². The van der Waals surface area contributed by atoms with Crippen molar-refractivity contribution in [3.63, 3.8) is 0 Å². The molecule has 2 aliphatic rings. The van der Waals surface area contributed by atoms with E-state index in [0.29, 0.717) is 13.1 Å². The molecule has 2 atom stereocenters. The van der Waals surface area contributed by atoms with Crippen molar-refractivity contribution in [2.24, 2.45) is 5.92 Å². The Morgan fingerprint density at radius 2 is 2.14 bits per heavy atom. The Labute approximate surface area is 138 Å². The lowest BCUT2D eigenvalue weighted by atomic mass is 10.1. The van der Waals surface area contributed by atoms with Crippen LogP contribution < -0.4 is 5.32 Å². The molecule has 0 bridgehead atoms. The van der Waals surface area contributed by atoms with Crippen LogP contribution in [0, 0.1) is 5.92 Å². The first-order chi connectivity index (χ1) is 10.6. The molecule has 118 valence electrons. The molecule has 0 aromatic heterocycles. The molecule has 2 heterocycles. The van der Waals surface area contributed by atoms with Crippen molar-refractivity contribution in [1.29, 1.82) is 0 Å². The molecule has 2 unspecified atom stereocenters. The first-order valence-corrected chi connectivity index (χ1v) is 8.37. The fourth-order valence-corrected chi connectivity index (χ4v) is 3.20. The highest BCUT2D eigenvalue weighted by molar-refractivity contribution is 9.10. The van der Waals surface area contributed by atoms with Gasteiger partial charge in [-0.1, -0.05) is 15.9 Å². The third-order valence-electron chi connectivity index (χ3n) is 4.15. The van der Waals surface area contributed by atoms with E-state index in [1.54, 1.807) is 4.90 Å². The van der Waals surface area contributed by atoms with E-state index in [0.717, 1.165) is 29.6 Å². The van der Waals surface area contributed by atoms with Gasteiger partial charge in [0.05, 0.1) is 12.0 Å². The van der Waals surface area contributed by atoms with E-state index in [1.165, 1.54) is 0 Å². The predicted octanol–water partition coefficient (Wildman–Crippen LogP) is 2.42. The molecule has 1 N–H and O–H groups in total. The molecule has 5 nitrogen and oxygen atoms in total. The van der Waals surface area contributed by atoms with E-state index in [2.05, 4.69) is 21.2 Å². The summed E-state index contributed by atoms with van der Waals surface area (Å²) in [6.07, 6.45) is 2.48. The van der Waals surface area contributed by atoms with Gasteiger partial charge in [0.2, 0.25) is 11.8 Å². The summed E-state index contributed by atoms with van der Waals surface area (Å²) in [5, 5.41) is 2.88. The van der Waals surface area contributed by atoms with Gasteiger partial charge in [-0.2, -0.15) is 0 Å². The van der Waals surface area contributed by atoms with Crippen LogP contribution in [0.3, 0.4) is 0 Å². The third-order valence-corrected chi connectivity index (χ3v) is 4.67. The molecular weight excluding hydrogens is 348 g/mol. The SMILES string of the molecule is O=C(Nc1ccc(Br)cc1)C1CC(=O)N(CC2CCCO2)C1. The quantitative estimate of drug-likeness (QED) is 0.889. The summed E-state index contributed by atoms with van der Waals surface area (Å²) in [5.74, 6) is -0.325. The second-order valence-electron chi connectivity index (χ2n) is 5.83. The van der Waals surface area contributed by atoms with Crippen LogP contribution in [0.2, 0.25) is 0 Å². The summed E-state index contributed by atoms with van der Waals surface area (Å²) in [7, 11) is 0.